The Morgan fingerprint density at radius 3 is 2.62 bits per heavy atom. The molecule has 1 aromatic carbocycles. The van der Waals surface area contributed by atoms with Crippen LogP contribution in [0.15, 0.2) is 29.6 Å². The van der Waals surface area contributed by atoms with Gasteiger partial charge in [0.15, 0.2) is 0 Å². The standard InChI is InChI=1S/C16H19N3OS/c1-11-18-15(10-21-11)12-2-4-14(5-3-12)19-16(20)13-6-8-17-9-7-13/h2-5,10,13,17H,6-9H2,1H3,(H,19,20). The molecule has 0 bridgehead atoms. The monoisotopic (exact) mass is 301 g/mol. The van der Waals surface area contributed by atoms with E-state index in [4.69, 9.17) is 0 Å². The molecular weight excluding hydrogens is 282 g/mol. The van der Waals surface area contributed by atoms with Crippen LogP contribution in [-0.4, -0.2) is 24.0 Å². The Morgan fingerprint density at radius 1 is 1.29 bits per heavy atom. The van der Waals surface area contributed by atoms with Crippen molar-refractivity contribution in [3.63, 3.8) is 0 Å². The number of nitrogens with one attached hydrogen (secondary N) is 2. The van der Waals surface area contributed by atoms with E-state index in [1.54, 1.807) is 11.3 Å². The maximum Gasteiger partial charge on any atom is 0.227 e. The van der Waals surface area contributed by atoms with Crippen LogP contribution in [0, 0.1) is 12.8 Å². The Labute approximate surface area is 128 Å². The van der Waals surface area contributed by atoms with E-state index >= 15 is 0 Å². The smallest absolute Gasteiger partial charge is 0.227 e. The number of thiazole rings is 1. The quantitative estimate of drug-likeness (QED) is 0.916. The molecule has 5 heteroatoms. The van der Waals surface area contributed by atoms with Crippen LogP contribution in [0.1, 0.15) is 17.8 Å². The Bertz CT molecular complexity index is 615. The van der Waals surface area contributed by atoms with Gasteiger partial charge < -0.3 is 10.6 Å². The highest BCUT2D eigenvalue weighted by molar-refractivity contribution is 7.09. The molecule has 0 aliphatic carbocycles. The fourth-order valence-electron chi connectivity index (χ4n) is 2.55. The van der Waals surface area contributed by atoms with Crippen molar-refractivity contribution in [2.75, 3.05) is 18.4 Å². The minimum atomic E-state index is 0.132. The molecule has 1 aliphatic rings. The Balaban J connectivity index is 1.65. The predicted octanol–water partition coefficient (Wildman–Crippen LogP) is 3.06. The predicted molar refractivity (Wildman–Crippen MR) is 86.5 cm³/mol. The number of anilines is 1. The second-order valence-corrected chi connectivity index (χ2v) is 6.40. The number of hydrogen-bond acceptors (Lipinski definition) is 4. The summed E-state index contributed by atoms with van der Waals surface area (Å²) in [7, 11) is 0. The van der Waals surface area contributed by atoms with Crippen molar-refractivity contribution >= 4 is 22.9 Å². The van der Waals surface area contributed by atoms with E-state index in [0.717, 1.165) is 47.9 Å². The summed E-state index contributed by atoms with van der Waals surface area (Å²) in [6, 6.07) is 7.91. The Morgan fingerprint density at radius 2 is 2.00 bits per heavy atom. The number of rotatable bonds is 3. The summed E-state index contributed by atoms with van der Waals surface area (Å²) in [6.45, 7) is 3.86. The van der Waals surface area contributed by atoms with Gasteiger partial charge in [-0.2, -0.15) is 0 Å². The molecule has 3 rings (SSSR count). The topological polar surface area (TPSA) is 54.0 Å². The molecule has 0 unspecified atom stereocenters. The van der Waals surface area contributed by atoms with Gasteiger partial charge in [0, 0.05) is 22.5 Å². The lowest BCUT2D eigenvalue weighted by Gasteiger charge is -2.21. The van der Waals surface area contributed by atoms with E-state index in [2.05, 4.69) is 21.0 Å². The molecule has 2 N–H and O–H groups in total. The molecule has 4 nitrogen and oxygen atoms in total. The highest BCUT2D eigenvalue weighted by Gasteiger charge is 2.20. The SMILES string of the molecule is Cc1nc(-c2ccc(NC(=O)C3CCNCC3)cc2)cs1. The molecule has 1 saturated heterocycles. The summed E-state index contributed by atoms with van der Waals surface area (Å²) >= 11 is 1.65. The van der Waals surface area contributed by atoms with Gasteiger partial charge in [0.1, 0.15) is 0 Å². The summed E-state index contributed by atoms with van der Waals surface area (Å²) < 4.78 is 0. The van der Waals surface area contributed by atoms with Crippen molar-refractivity contribution in [1.82, 2.24) is 10.3 Å². The van der Waals surface area contributed by atoms with Gasteiger partial charge in [-0.25, -0.2) is 4.98 Å². The van der Waals surface area contributed by atoms with Gasteiger partial charge in [-0.1, -0.05) is 12.1 Å². The molecule has 0 saturated carbocycles. The summed E-state index contributed by atoms with van der Waals surface area (Å²) in [5.74, 6) is 0.265. The number of amides is 1. The van der Waals surface area contributed by atoms with Gasteiger partial charge in [-0.05, 0) is 45.0 Å². The number of carbonyl (C=O) groups excluding carboxylic acids is 1. The van der Waals surface area contributed by atoms with Crippen molar-refractivity contribution in [2.45, 2.75) is 19.8 Å². The highest BCUT2D eigenvalue weighted by atomic mass is 32.1. The number of benzene rings is 1. The molecule has 2 heterocycles. The zero-order valence-electron chi connectivity index (χ0n) is 12.1. The van der Waals surface area contributed by atoms with E-state index in [1.807, 2.05) is 31.2 Å². The summed E-state index contributed by atoms with van der Waals surface area (Å²) in [5.41, 5.74) is 2.93. The van der Waals surface area contributed by atoms with Crippen LogP contribution >= 0.6 is 11.3 Å². The van der Waals surface area contributed by atoms with E-state index in [9.17, 15) is 4.79 Å². The van der Waals surface area contributed by atoms with Gasteiger partial charge in [-0.15, -0.1) is 11.3 Å². The zero-order chi connectivity index (χ0) is 14.7. The van der Waals surface area contributed by atoms with E-state index in [0.29, 0.717) is 0 Å². The number of aryl methyl sites for hydroxylation is 1. The largest absolute Gasteiger partial charge is 0.326 e. The zero-order valence-corrected chi connectivity index (χ0v) is 12.9. The van der Waals surface area contributed by atoms with Crippen molar-refractivity contribution in [3.05, 3.63) is 34.7 Å². The van der Waals surface area contributed by atoms with Crippen molar-refractivity contribution in [3.8, 4) is 11.3 Å². The average molecular weight is 301 g/mol. The fraction of sp³-hybridized carbons (Fsp3) is 0.375. The lowest BCUT2D eigenvalue weighted by Crippen LogP contribution is -2.34. The first-order valence-corrected chi connectivity index (χ1v) is 8.14. The van der Waals surface area contributed by atoms with Crippen molar-refractivity contribution < 1.29 is 4.79 Å². The minimum absolute atomic E-state index is 0.132. The molecule has 1 aromatic heterocycles. The third-order valence-electron chi connectivity index (χ3n) is 3.78. The van der Waals surface area contributed by atoms with Gasteiger partial charge in [0.05, 0.1) is 10.7 Å². The van der Waals surface area contributed by atoms with E-state index in [-0.39, 0.29) is 11.8 Å². The van der Waals surface area contributed by atoms with Crippen LogP contribution in [0.5, 0.6) is 0 Å². The van der Waals surface area contributed by atoms with Crippen LogP contribution in [0.25, 0.3) is 11.3 Å². The molecule has 110 valence electrons. The third-order valence-corrected chi connectivity index (χ3v) is 4.55. The lowest BCUT2D eigenvalue weighted by atomic mass is 9.97. The van der Waals surface area contributed by atoms with Gasteiger partial charge in [0.25, 0.3) is 0 Å². The lowest BCUT2D eigenvalue weighted by molar-refractivity contribution is -0.120. The first-order valence-electron chi connectivity index (χ1n) is 7.26. The van der Waals surface area contributed by atoms with Crippen LogP contribution in [0.4, 0.5) is 5.69 Å². The van der Waals surface area contributed by atoms with Crippen molar-refractivity contribution in [2.24, 2.45) is 5.92 Å². The summed E-state index contributed by atoms with van der Waals surface area (Å²) in [5, 5.41) is 9.40. The first kappa shape index (κ1) is 14.2. The van der Waals surface area contributed by atoms with E-state index < -0.39 is 0 Å². The third kappa shape index (κ3) is 3.49. The van der Waals surface area contributed by atoms with Crippen LogP contribution in [0.2, 0.25) is 0 Å². The molecule has 1 amide bonds. The molecule has 1 fully saturated rings. The molecule has 0 spiro atoms. The number of nitrogens with zero attached hydrogens (tertiary/aromatic N) is 1. The Kier molecular flexibility index (Phi) is 4.31. The Hall–Kier alpha value is -1.72. The summed E-state index contributed by atoms with van der Waals surface area (Å²) in [6.07, 6.45) is 1.84. The van der Waals surface area contributed by atoms with Crippen molar-refractivity contribution in [1.29, 1.82) is 0 Å². The second-order valence-electron chi connectivity index (χ2n) is 5.34. The average Bonchev–Trinajstić information content (AvgIpc) is 2.95. The molecule has 21 heavy (non-hydrogen) atoms. The normalized spacial score (nSPS) is 15.9. The molecular formula is C16H19N3OS. The number of carbonyl (C=O) groups is 1. The van der Waals surface area contributed by atoms with Gasteiger partial charge in [0.2, 0.25) is 5.91 Å². The summed E-state index contributed by atoms with van der Waals surface area (Å²) in [4.78, 5) is 16.6. The number of hydrogen-bond donors (Lipinski definition) is 2. The number of aromatic nitrogens is 1. The van der Waals surface area contributed by atoms with E-state index in [1.165, 1.54) is 0 Å². The minimum Gasteiger partial charge on any atom is -0.326 e. The highest BCUT2D eigenvalue weighted by Crippen LogP contribution is 2.23. The van der Waals surface area contributed by atoms with Crippen LogP contribution in [-0.2, 0) is 4.79 Å². The van der Waals surface area contributed by atoms with Crippen LogP contribution < -0.4 is 10.6 Å². The van der Waals surface area contributed by atoms with Gasteiger partial charge in [-0.3, -0.25) is 4.79 Å². The fourth-order valence-corrected chi connectivity index (χ4v) is 3.17. The number of piperidine rings is 1. The molecule has 1 aliphatic heterocycles. The molecule has 0 radical (unpaired) electrons. The van der Waals surface area contributed by atoms with Crippen LogP contribution in [0.3, 0.4) is 0 Å². The maximum atomic E-state index is 12.2. The first-order chi connectivity index (χ1) is 10.2. The van der Waals surface area contributed by atoms with Gasteiger partial charge >= 0.3 is 0 Å². The molecule has 0 atom stereocenters. The molecule has 2 aromatic rings. The second kappa shape index (κ2) is 6.37. The maximum absolute atomic E-state index is 12.2.